The first-order valence-corrected chi connectivity index (χ1v) is 8.22. The van der Waals surface area contributed by atoms with Crippen LogP contribution in [-0.4, -0.2) is 53.4 Å². The van der Waals surface area contributed by atoms with Crippen molar-refractivity contribution in [2.75, 3.05) is 32.8 Å². The summed E-state index contributed by atoms with van der Waals surface area (Å²) in [5, 5.41) is 4.42. The van der Waals surface area contributed by atoms with E-state index in [1.54, 1.807) is 0 Å². The number of nitrogens with two attached hydrogens (primary N) is 1. The summed E-state index contributed by atoms with van der Waals surface area (Å²) < 4.78 is 7.42. The molecule has 2 saturated heterocycles. The highest BCUT2D eigenvalue weighted by Crippen LogP contribution is 2.33. The molecule has 6 nitrogen and oxygen atoms in total. The van der Waals surface area contributed by atoms with Crippen molar-refractivity contribution < 1.29 is 9.53 Å². The fourth-order valence-electron chi connectivity index (χ4n) is 3.59. The molecule has 2 aliphatic heterocycles. The molecule has 1 aromatic heterocycles. The lowest BCUT2D eigenvalue weighted by atomic mass is 9.78. The molecule has 0 spiro atoms. The molecule has 24 heavy (non-hydrogen) atoms. The summed E-state index contributed by atoms with van der Waals surface area (Å²) in [6.45, 7) is 5.30. The monoisotopic (exact) mass is 378 g/mol. The van der Waals surface area contributed by atoms with Crippen LogP contribution < -0.4 is 5.73 Å². The number of rotatable bonds is 3. The number of ether oxygens (including phenoxy) is 1. The standard InChI is InChI=1S/C16H26N4O2.2ClH/c1-13-9-18-20(10-13)14-3-2-6-19(11-14)15(21)16(12-17)4-7-22-8-5-16;;/h9-10,14H,2-8,11-12,17H2,1H3;2*1H. The second-order valence-electron chi connectivity index (χ2n) is 6.64. The minimum absolute atomic E-state index is 0. The molecule has 2 N–H and O–H groups in total. The fourth-order valence-corrected chi connectivity index (χ4v) is 3.59. The number of aryl methyl sites for hydroxylation is 1. The van der Waals surface area contributed by atoms with Gasteiger partial charge in [-0.15, -0.1) is 24.8 Å². The van der Waals surface area contributed by atoms with E-state index in [0.29, 0.717) is 19.8 Å². The molecule has 3 rings (SSSR count). The van der Waals surface area contributed by atoms with E-state index in [9.17, 15) is 4.79 Å². The Morgan fingerprint density at radius 3 is 2.71 bits per heavy atom. The van der Waals surface area contributed by atoms with Gasteiger partial charge in [0.25, 0.3) is 0 Å². The highest BCUT2D eigenvalue weighted by molar-refractivity contribution is 5.85. The van der Waals surface area contributed by atoms with Gasteiger partial charge >= 0.3 is 0 Å². The van der Waals surface area contributed by atoms with Gasteiger partial charge in [-0.3, -0.25) is 9.48 Å². The molecule has 1 unspecified atom stereocenters. The van der Waals surface area contributed by atoms with Gasteiger partial charge in [0, 0.05) is 39.0 Å². The van der Waals surface area contributed by atoms with Crippen LogP contribution in [0.4, 0.5) is 0 Å². The van der Waals surface area contributed by atoms with Crippen molar-refractivity contribution in [1.82, 2.24) is 14.7 Å². The molecule has 8 heteroatoms. The number of nitrogens with zero attached hydrogens (tertiary/aromatic N) is 3. The Balaban J connectivity index is 0.00000144. The molecule has 1 atom stereocenters. The largest absolute Gasteiger partial charge is 0.381 e. The average molecular weight is 379 g/mol. The normalized spacial score (nSPS) is 23.1. The van der Waals surface area contributed by atoms with Gasteiger partial charge in [-0.1, -0.05) is 0 Å². The van der Waals surface area contributed by atoms with Gasteiger partial charge in [0.05, 0.1) is 17.7 Å². The van der Waals surface area contributed by atoms with Crippen LogP contribution in [0.2, 0.25) is 0 Å². The lowest BCUT2D eigenvalue weighted by Crippen LogP contribution is -2.53. The third-order valence-electron chi connectivity index (χ3n) is 5.08. The molecule has 3 heterocycles. The SMILES string of the molecule is Cc1cnn(C2CCCN(C(=O)C3(CN)CCOCC3)C2)c1.Cl.Cl. The Hall–Kier alpha value is -0.820. The number of hydrogen-bond acceptors (Lipinski definition) is 4. The van der Waals surface area contributed by atoms with Crippen LogP contribution in [0.5, 0.6) is 0 Å². The van der Waals surface area contributed by atoms with E-state index >= 15 is 0 Å². The number of carbonyl (C=O) groups excluding carboxylic acids is 1. The minimum Gasteiger partial charge on any atom is -0.381 e. The number of carbonyl (C=O) groups is 1. The third-order valence-corrected chi connectivity index (χ3v) is 5.08. The van der Waals surface area contributed by atoms with Crippen LogP contribution in [0.1, 0.15) is 37.3 Å². The molecule has 1 aromatic rings. The van der Waals surface area contributed by atoms with Gasteiger partial charge in [0.1, 0.15) is 0 Å². The Morgan fingerprint density at radius 2 is 2.12 bits per heavy atom. The molecule has 0 saturated carbocycles. The number of amides is 1. The van der Waals surface area contributed by atoms with Crippen molar-refractivity contribution in [1.29, 1.82) is 0 Å². The first-order valence-electron chi connectivity index (χ1n) is 8.22. The molecule has 2 fully saturated rings. The van der Waals surface area contributed by atoms with Crippen molar-refractivity contribution in [3.8, 4) is 0 Å². The molecular weight excluding hydrogens is 351 g/mol. The molecule has 0 radical (unpaired) electrons. The Kier molecular flexibility index (Phi) is 7.99. The van der Waals surface area contributed by atoms with E-state index in [-0.39, 0.29) is 36.8 Å². The third kappa shape index (κ3) is 4.23. The van der Waals surface area contributed by atoms with Crippen molar-refractivity contribution in [2.24, 2.45) is 11.1 Å². The van der Waals surface area contributed by atoms with E-state index in [1.165, 1.54) is 0 Å². The van der Waals surface area contributed by atoms with Crippen molar-refractivity contribution in [3.05, 3.63) is 18.0 Å². The van der Waals surface area contributed by atoms with Crippen molar-refractivity contribution in [3.63, 3.8) is 0 Å². The lowest BCUT2D eigenvalue weighted by molar-refractivity contribution is -0.149. The number of aromatic nitrogens is 2. The first-order chi connectivity index (χ1) is 10.6. The predicted octanol–water partition coefficient (Wildman–Crippen LogP) is 1.95. The zero-order chi connectivity index (χ0) is 15.6. The fraction of sp³-hybridized carbons (Fsp3) is 0.750. The number of likely N-dealkylation sites (tertiary alicyclic amines) is 1. The number of hydrogen-bond donors (Lipinski definition) is 1. The maximum absolute atomic E-state index is 13.0. The van der Waals surface area contributed by atoms with Gasteiger partial charge in [-0.05, 0) is 38.2 Å². The smallest absolute Gasteiger partial charge is 0.230 e. The Bertz CT molecular complexity index is 532. The van der Waals surface area contributed by atoms with Gasteiger partial charge in [0.15, 0.2) is 0 Å². The van der Waals surface area contributed by atoms with Crippen molar-refractivity contribution in [2.45, 2.75) is 38.6 Å². The first kappa shape index (κ1) is 21.2. The van der Waals surface area contributed by atoms with E-state index in [0.717, 1.165) is 44.3 Å². The van der Waals surface area contributed by atoms with Gasteiger partial charge < -0.3 is 15.4 Å². The number of halogens is 2. The molecule has 0 bridgehead atoms. The van der Waals surface area contributed by atoms with Crippen LogP contribution >= 0.6 is 24.8 Å². The highest BCUT2D eigenvalue weighted by Gasteiger charge is 2.42. The van der Waals surface area contributed by atoms with Crippen LogP contribution in [0.15, 0.2) is 12.4 Å². The zero-order valence-corrected chi connectivity index (χ0v) is 15.8. The summed E-state index contributed by atoms with van der Waals surface area (Å²) >= 11 is 0. The molecule has 0 aromatic carbocycles. The quantitative estimate of drug-likeness (QED) is 0.871. The molecule has 138 valence electrons. The van der Waals surface area contributed by atoms with Gasteiger partial charge in [-0.2, -0.15) is 5.10 Å². The van der Waals surface area contributed by atoms with Crippen molar-refractivity contribution >= 4 is 30.7 Å². The number of piperidine rings is 1. The van der Waals surface area contributed by atoms with Gasteiger partial charge in [-0.25, -0.2) is 0 Å². The molecule has 1 amide bonds. The molecule has 0 aliphatic carbocycles. The molecule has 2 aliphatic rings. The second-order valence-corrected chi connectivity index (χ2v) is 6.64. The summed E-state index contributed by atoms with van der Waals surface area (Å²) in [4.78, 5) is 15.1. The lowest BCUT2D eigenvalue weighted by Gasteiger charge is -2.41. The summed E-state index contributed by atoms with van der Waals surface area (Å²) in [7, 11) is 0. The van der Waals surface area contributed by atoms with Crippen LogP contribution in [0, 0.1) is 12.3 Å². The second kappa shape index (κ2) is 9.04. The van der Waals surface area contributed by atoms with E-state index in [1.807, 2.05) is 22.7 Å². The van der Waals surface area contributed by atoms with E-state index < -0.39 is 5.41 Å². The van der Waals surface area contributed by atoms with Gasteiger partial charge in [0.2, 0.25) is 5.91 Å². The van der Waals surface area contributed by atoms with Crippen LogP contribution in [-0.2, 0) is 9.53 Å². The van der Waals surface area contributed by atoms with E-state index in [4.69, 9.17) is 10.5 Å². The summed E-state index contributed by atoms with van der Waals surface area (Å²) in [5.74, 6) is 0.215. The molecular formula is C16H28Cl2N4O2. The Labute approximate surface area is 155 Å². The maximum atomic E-state index is 13.0. The minimum atomic E-state index is -0.416. The highest BCUT2D eigenvalue weighted by atomic mass is 35.5. The zero-order valence-electron chi connectivity index (χ0n) is 14.1. The summed E-state index contributed by atoms with van der Waals surface area (Å²) in [6, 6.07) is 0.279. The Morgan fingerprint density at radius 1 is 1.42 bits per heavy atom. The summed E-state index contributed by atoms with van der Waals surface area (Å²) in [6.07, 6.45) is 7.51. The van der Waals surface area contributed by atoms with E-state index in [2.05, 4.69) is 11.3 Å². The van der Waals surface area contributed by atoms with Crippen LogP contribution in [0.3, 0.4) is 0 Å². The average Bonchev–Trinajstić information content (AvgIpc) is 3.01. The predicted molar refractivity (Wildman–Crippen MR) is 97.9 cm³/mol. The van der Waals surface area contributed by atoms with Crippen LogP contribution in [0.25, 0.3) is 0 Å². The topological polar surface area (TPSA) is 73.4 Å². The maximum Gasteiger partial charge on any atom is 0.230 e. The summed E-state index contributed by atoms with van der Waals surface area (Å²) in [5.41, 5.74) is 6.72.